The van der Waals surface area contributed by atoms with Crippen LogP contribution >= 0.6 is 0 Å². The lowest BCUT2D eigenvalue weighted by molar-refractivity contribution is -0.120. The highest BCUT2D eigenvalue weighted by atomic mass is 32.2. The molecule has 0 saturated heterocycles. The molecule has 6 heteroatoms. The SMILES string of the molecule is CCCNC(=O)CCNS(=O)(=O)c1c(C)cc(C)cc1C. The van der Waals surface area contributed by atoms with Crippen molar-refractivity contribution in [2.45, 2.75) is 45.4 Å². The first kappa shape index (κ1) is 17.7. The minimum absolute atomic E-state index is 0.102. The third-order valence-electron chi connectivity index (χ3n) is 3.09. The summed E-state index contributed by atoms with van der Waals surface area (Å²) in [7, 11) is -3.58. The topological polar surface area (TPSA) is 75.3 Å². The molecule has 0 bridgehead atoms. The van der Waals surface area contributed by atoms with Crippen LogP contribution in [0.25, 0.3) is 0 Å². The molecule has 0 aliphatic carbocycles. The number of nitrogens with one attached hydrogen (secondary N) is 2. The van der Waals surface area contributed by atoms with Crippen LogP contribution in [0, 0.1) is 20.8 Å². The summed E-state index contributed by atoms with van der Waals surface area (Å²) in [5, 5.41) is 2.71. The van der Waals surface area contributed by atoms with Gasteiger partial charge in [-0.2, -0.15) is 0 Å². The zero-order chi connectivity index (χ0) is 16.0. The summed E-state index contributed by atoms with van der Waals surface area (Å²) < 4.78 is 27.2. The number of carbonyl (C=O) groups excluding carboxylic acids is 1. The Balaban J connectivity index is 2.73. The normalized spacial score (nSPS) is 11.4. The van der Waals surface area contributed by atoms with Gasteiger partial charge in [-0.25, -0.2) is 13.1 Å². The van der Waals surface area contributed by atoms with Crippen LogP contribution in [-0.4, -0.2) is 27.4 Å². The van der Waals surface area contributed by atoms with Crippen LogP contribution in [0.4, 0.5) is 0 Å². The quantitative estimate of drug-likeness (QED) is 0.806. The Hall–Kier alpha value is -1.40. The number of amides is 1. The highest BCUT2D eigenvalue weighted by molar-refractivity contribution is 7.89. The summed E-state index contributed by atoms with van der Waals surface area (Å²) in [5.41, 5.74) is 2.47. The van der Waals surface area contributed by atoms with Crippen LogP contribution in [0.5, 0.6) is 0 Å². The molecular weight excluding hydrogens is 288 g/mol. The van der Waals surface area contributed by atoms with E-state index in [1.54, 1.807) is 13.8 Å². The van der Waals surface area contributed by atoms with Gasteiger partial charge in [0.05, 0.1) is 4.90 Å². The second-order valence-electron chi connectivity index (χ2n) is 5.23. The molecule has 2 N–H and O–H groups in total. The van der Waals surface area contributed by atoms with Crippen molar-refractivity contribution in [2.75, 3.05) is 13.1 Å². The van der Waals surface area contributed by atoms with Crippen LogP contribution in [0.2, 0.25) is 0 Å². The second kappa shape index (κ2) is 7.56. The fraction of sp³-hybridized carbons (Fsp3) is 0.533. The maximum absolute atomic E-state index is 12.3. The van der Waals surface area contributed by atoms with Crippen molar-refractivity contribution in [3.63, 3.8) is 0 Å². The molecule has 118 valence electrons. The Morgan fingerprint density at radius 2 is 1.67 bits per heavy atom. The van der Waals surface area contributed by atoms with Crippen LogP contribution in [0.15, 0.2) is 17.0 Å². The van der Waals surface area contributed by atoms with E-state index >= 15 is 0 Å². The molecule has 0 fully saturated rings. The third kappa shape index (κ3) is 5.13. The smallest absolute Gasteiger partial charge is 0.241 e. The zero-order valence-electron chi connectivity index (χ0n) is 13.1. The monoisotopic (exact) mass is 312 g/mol. The lowest BCUT2D eigenvalue weighted by atomic mass is 10.1. The summed E-state index contributed by atoms with van der Waals surface area (Å²) in [6.45, 7) is 8.17. The van der Waals surface area contributed by atoms with Gasteiger partial charge in [0.25, 0.3) is 0 Å². The lowest BCUT2D eigenvalue weighted by Crippen LogP contribution is -2.31. The van der Waals surface area contributed by atoms with E-state index in [9.17, 15) is 13.2 Å². The van der Waals surface area contributed by atoms with Crippen molar-refractivity contribution in [3.8, 4) is 0 Å². The highest BCUT2D eigenvalue weighted by Gasteiger charge is 2.19. The van der Waals surface area contributed by atoms with Gasteiger partial charge in [0.1, 0.15) is 0 Å². The summed E-state index contributed by atoms with van der Waals surface area (Å²) in [6.07, 6.45) is 1.00. The van der Waals surface area contributed by atoms with Crippen molar-refractivity contribution >= 4 is 15.9 Å². The van der Waals surface area contributed by atoms with Crippen LogP contribution < -0.4 is 10.0 Å². The van der Waals surface area contributed by atoms with E-state index in [2.05, 4.69) is 10.0 Å². The molecular formula is C15H24N2O3S. The van der Waals surface area contributed by atoms with Crippen molar-refractivity contribution in [2.24, 2.45) is 0 Å². The molecule has 0 unspecified atom stereocenters. The van der Waals surface area contributed by atoms with Gasteiger partial charge in [0.15, 0.2) is 0 Å². The Bertz CT molecular complexity index is 586. The third-order valence-corrected chi connectivity index (χ3v) is 4.86. The van der Waals surface area contributed by atoms with Crippen LogP contribution in [-0.2, 0) is 14.8 Å². The Labute approximate surface area is 127 Å². The minimum atomic E-state index is -3.58. The summed E-state index contributed by atoms with van der Waals surface area (Å²) >= 11 is 0. The predicted octanol–water partition coefficient (Wildman–Crippen LogP) is 1.81. The molecule has 0 aliphatic rings. The number of aryl methyl sites for hydroxylation is 3. The van der Waals surface area contributed by atoms with Crippen molar-refractivity contribution < 1.29 is 13.2 Å². The maximum atomic E-state index is 12.3. The van der Waals surface area contributed by atoms with Crippen molar-refractivity contribution in [1.82, 2.24) is 10.0 Å². The molecule has 0 saturated carbocycles. The second-order valence-corrected chi connectivity index (χ2v) is 6.93. The summed E-state index contributed by atoms with van der Waals surface area (Å²) in [5.74, 6) is -0.142. The van der Waals surface area contributed by atoms with Crippen molar-refractivity contribution in [3.05, 3.63) is 28.8 Å². The van der Waals surface area contributed by atoms with E-state index in [1.165, 1.54) is 0 Å². The number of sulfonamides is 1. The number of benzene rings is 1. The van der Waals surface area contributed by atoms with Gasteiger partial charge >= 0.3 is 0 Å². The minimum Gasteiger partial charge on any atom is -0.356 e. The molecule has 0 aromatic heterocycles. The van der Waals surface area contributed by atoms with E-state index in [0.717, 1.165) is 23.1 Å². The molecule has 5 nitrogen and oxygen atoms in total. The van der Waals surface area contributed by atoms with Gasteiger partial charge in [0, 0.05) is 19.5 Å². The first-order valence-corrected chi connectivity index (χ1v) is 8.60. The molecule has 1 aromatic carbocycles. The molecule has 0 aliphatic heterocycles. The average molecular weight is 312 g/mol. The van der Waals surface area contributed by atoms with E-state index in [0.29, 0.717) is 11.4 Å². The Morgan fingerprint density at radius 3 is 2.19 bits per heavy atom. The standard InChI is InChI=1S/C15H24N2O3S/c1-5-7-16-14(18)6-8-17-21(19,20)15-12(3)9-11(2)10-13(15)4/h9-10,17H,5-8H2,1-4H3,(H,16,18). The Kier molecular flexibility index (Phi) is 6.36. The Morgan fingerprint density at radius 1 is 1.10 bits per heavy atom. The maximum Gasteiger partial charge on any atom is 0.241 e. The van der Waals surface area contributed by atoms with E-state index in [4.69, 9.17) is 0 Å². The van der Waals surface area contributed by atoms with Crippen molar-refractivity contribution in [1.29, 1.82) is 0 Å². The largest absolute Gasteiger partial charge is 0.356 e. The summed E-state index contributed by atoms with van der Waals surface area (Å²) in [6, 6.07) is 3.69. The molecule has 21 heavy (non-hydrogen) atoms. The molecule has 0 radical (unpaired) electrons. The van der Waals surface area contributed by atoms with Gasteiger partial charge in [-0.15, -0.1) is 0 Å². The first-order valence-electron chi connectivity index (χ1n) is 7.12. The molecule has 0 heterocycles. The van der Waals surface area contributed by atoms with Crippen LogP contribution in [0.3, 0.4) is 0 Å². The number of carbonyl (C=O) groups is 1. The van der Waals surface area contributed by atoms with E-state index in [1.807, 2.05) is 26.0 Å². The molecule has 0 atom stereocenters. The zero-order valence-corrected chi connectivity index (χ0v) is 13.9. The van der Waals surface area contributed by atoms with Gasteiger partial charge in [0.2, 0.25) is 15.9 Å². The molecule has 1 amide bonds. The van der Waals surface area contributed by atoms with E-state index < -0.39 is 10.0 Å². The number of hydrogen-bond acceptors (Lipinski definition) is 3. The number of hydrogen-bond donors (Lipinski definition) is 2. The van der Waals surface area contributed by atoms with Gasteiger partial charge < -0.3 is 5.32 Å². The fourth-order valence-electron chi connectivity index (χ4n) is 2.31. The molecule has 0 spiro atoms. The van der Waals surface area contributed by atoms with Crippen LogP contribution in [0.1, 0.15) is 36.5 Å². The van der Waals surface area contributed by atoms with Gasteiger partial charge in [-0.1, -0.05) is 24.6 Å². The predicted molar refractivity (Wildman–Crippen MR) is 83.8 cm³/mol. The first-order chi connectivity index (χ1) is 9.77. The highest BCUT2D eigenvalue weighted by Crippen LogP contribution is 2.21. The lowest BCUT2D eigenvalue weighted by Gasteiger charge is -2.13. The summed E-state index contributed by atoms with van der Waals surface area (Å²) in [4.78, 5) is 11.8. The van der Waals surface area contributed by atoms with Gasteiger partial charge in [-0.3, -0.25) is 4.79 Å². The van der Waals surface area contributed by atoms with E-state index in [-0.39, 0.29) is 18.9 Å². The fourth-order valence-corrected chi connectivity index (χ4v) is 3.80. The molecule has 1 rings (SSSR count). The number of rotatable bonds is 7. The molecule has 1 aromatic rings. The van der Waals surface area contributed by atoms with Gasteiger partial charge in [-0.05, 0) is 38.3 Å². The average Bonchev–Trinajstić information content (AvgIpc) is 2.34.